The summed E-state index contributed by atoms with van der Waals surface area (Å²) in [5.41, 5.74) is 0.928. The zero-order valence-electron chi connectivity index (χ0n) is 12.3. The monoisotopic (exact) mass is 318 g/mol. The molecule has 2 aromatic carbocycles. The first kappa shape index (κ1) is 16.0. The molecule has 0 amide bonds. The maximum atomic E-state index is 12.6. The van der Waals surface area contributed by atoms with E-state index in [1.165, 1.54) is 37.4 Å². The Kier molecular flexibility index (Phi) is 4.51. The van der Waals surface area contributed by atoms with E-state index in [2.05, 4.69) is 0 Å². The quantitative estimate of drug-likeness (QED) is 0.836. The van der Waals surface area contributed by atoms with Crippen LogP contribution in [0.5, 0.6) is 0 Å². The van der Waals surface area contributed by atoms with Gasteiger partial charge in [-0.2, -0.15) is 0 Å². The summed E-state index contributed by atoms with van der Waals surface area (Å²) in [7, 11) is -2.51. The zero-order chi connectivity index (χ0) is 16.3. The highest BCUT2D eigenvalue weighted by atomic mass is 32.2. The number of carbonyl (C=O) groups excluding carboxylic acids is 1. The number of para-hydroxylation sites is 1. The van der Waals surface area contributed by atoms with Crippen LogP contribution < -0.4 is 9.41 Å². The van der Waals surface area contributed by atoms with E-state index in [1.54, 1.807) is 18.2 Å². The minimum Gasteiger partial charge on any atom is -0.545 e. The molecular formula is C16H16NO4S-. The lowest BCUT2D eigenvalue weighted by atomic mass is 10.2. The fourth-order valence-electron chi connectivity index (χ4n) is 2.11. The topological polar surface area (TPSA) is 77.5 Å². The van der Waals surface area contributed by atoms with E-state index in [0.29, 0.717) is 0 Å². The third kappa shape index (κ3) is 2.96. The van der Waals surface area contributed by atoms with Crippen LogP contribution >= 0.6 is 0 Å². The Bertz CT molecular complexity index is 782. The van der Waals surface area contributed by atoms with Crippen molar-refractivity contribution in [2.45, 2.75) is 18.2 Å². The molecule has 0 N–H and O–H groups in total. The number of nitrogens with zero attached hydrogens (tertiary/aromatic N) is 1. The van der Waals surface area contributed by atoms with Crippen molar-refractivity contribution in [2.24, 2.45) is 0 Å². The molecule has 116 valence electrons. The molecule has 0 spiro atoms. The van der Waals surface area contributed by atoms with Crippen molar-refractivity contribution < 1.29 is 18.3 Å². The first-order valence-corrected chi connectivity index (χ1v) is 8.20. The summed E-state index contributed by atoms with van der Waals surface area (Å²) in [6.45, 7) is 1.98. The molecule has 22 heavy (non-hydrogen) atoms. The highest BCUT2D eigenvalue weighted by molar-refractivity contribution is 7.92. The molecular weight excluding hydrogens is 302 g/mol. The average Bonchev–Trinajstić information content (AvgIpc) is 2.54. The first-order chi connectivity index (χ1) is 10.4. The van der Waals surface area contributed by atoms with Gasteiger partial charge >= 0.3 is 0 Å². The fourth-order valence-corrected chi connectivity index (χ4v) is 3.32. The van der Waals surface area contributed by atoms with Crippen molar-refractivity contribution >= 4 is 21.7 Å². The fraction of sp³-hybridized carbons (Fsp3) is 0.188. The number of hydrogen-bond donors (Lipinski definition) is 0. The summed E-state index contributed by atoms with van der Waals surface area (Å²) in [4.78, 5) is 11.3. The molecule has 0 aliphatic rings. The Labute approximate surface area is 129 Å². The Morgan fingerprint density at radius 1 is 1.09 bits per heavy atom. The van der Waals surface area contributed by atoms with Crippen molar-refractivity contribution in [3.63, 3.8) is 0 Å². The summed E-state index contributed by atoms with van der Waals surface area (Å²) in [6.07, 6.45) is 0.809. The summed E-state index contributed by atoms with van der Waals surface area (Å²) < 4.78 is 26.2. The van der Waals surface area contributed by atoms with Crippen molar-refractivity contribution in [2.75, 3.05) is 11.4 Å². The minimum absolute atomic E-state index is 0.0714. The number of hydrogen-bond acceptors (Lipinski definition) is 4. The van der Waals surface area contributed by atoms with Crippen LogP contribution in [-0.4, -0.2) is 21.4 Å². The van der Waals surface area contributed by atoms with Crippen LogP contribution in [0.4, 0.5) is 5.69 Å². The van der Waals surface area contributed by atoms with Gasteiger partial charge in [-0.05, 0) is 30.2 Å². The Balaban J connectivity index is 2.47. The van der Waals surface area contributed by atoms with Gasteiger partial charge < -0.3 is 9.90 Å². The molecule has 0 unspecified atom stereocenters. The molecule has 0 aliphatic heterocycles. The molecule has 0 atom stereocenters. The van der Waals surface area contributed by atoms with Crippen LogP contribution in [0.3, 0.4) is 0 Å². The summed E-state index contributed by atoms with van der Waals surface area (Å²) in [5.74, 6) is -1.42. The van der Waals surface area contributed by atoms with Crippen molar-refractivity contribution in [1.29, 1.82) is 0 Å². The minimum atomic E-state index is -3.83. The van der Waals surface area contributed by atoms with Gasteiger partial charge in [0.2, 0.25) is 0 Å². The number of carboxylic acid groups (broad SMARTS) is 1. The second-order valence-electron chi connectivity index (χ2n) is 4.77. The Morgan fingerprint density at radius 2 is 1.68 bits per heavy atom. The molecule has 0 aliphatic carbocycles. The van der Waals surface area contributed by atoms with Crippen LogP contribution in [0.25, 0.3) is 0 Å². The lowest BCUT2D eigenvalue weighted by Gasteiger charge is -2.22. The van der Waals surface area contributed by atoms with Gasteiger partial charge in [-0.1, -0.05) is 37.3 Å². The van der Waals surface area contributed by atoms with Gasteiger partial charge in [0.25, 0.3) is 10.0 Å². The van der Waals surface area contributed by atoms with Gasteiger partial charge in [-0.15, -0.1) is 0 Å². The van der Waals surface area contributed by atoms with Crippen LogP contribution in [0, 0.1) is 0 Å². The molecule has 2 rings (SSSR count). The largest absolute Gasteiger partial charge is 0.545 e. The molecule has 0 saturated heterocycles. The normalized spacial score (nSPS) is 11.2. The first-order valence-electron chi connectivity index (χ1n) is 6.76. The van der Waals surface area contributed by atoms with Crippen LogP contribution in [-0.2, 0) is 16.4 Å². The summed E-state index contributed by atoms with van der Waals surface area (Å²) in [5, 5.41) is 11.1. The lowest BCUT2D eigenvalue weighted by molar-refractivity contribution is -0.254. The second-order valence-corrected chi connectivity index (χ2v) is 6.74. The highest BCUT2D eigenvalue weighted by Crippen LogP contribution is 2.25. The van der Waals surface area contributed by atoms with E-state index in [4.69, 9.17) is 0 Å². The molecule has 5 nitrogen and oxygen atoms in total. The van der Waals surface area contributed by atoms with Gasteiger partial charge in [0, 0.05) is 12.6 Å². The predicted octanol–water partition coefficient (Wildman–Crippen LogP) is 1.44. The van der Waals surface area contributed by atoms with E-state index in [9.17, 15) is 18.3 Å². The molecule has 6 heteroatoms. The molecule has 0 heterocycles. The summed E-state index contributed by atoms with van der Waals surface area (Å²) in [6, 6.07) is 12.4. The van der Waals surface area contributed by atoms with Crippen LogP contribution in [0.1, 0.15) is 22.8 Å². The van der Waals surface area contributed by atoms with Crippen molar-refractivity contribution in [3.05, 3.63) is 59.7 Å². The van der Waals surface area contributed by atoms with E-state index in [-0.39, 0.29) is 16.1 Å². The SMILES string of the molecule is CCc1ccc(S(=O)(=O)N(C)c2ccccc2C(=O)[O-])cc1. The molecule has 0 bridgehead atoms. The van der Waals surface area contributed by atoms with Gasteiger partial charge in [0.15, 0.2) is 0 Å². The van der Waals surface area contributed by atoms with Gasteiger partial charge in [0.05, 0.1) is 16.6 Å². The average molecular weight is 318 g/mol. The van der Waals surface area contributed by atoms with Gasteiger partial charge in [-0.25, -0.2) is 8.42 Å². The Morgan fingerprint density at radius 3 is 2.23 bits per heavy atom. The number of sulfonamides is 1. The van der Waals surface area contributed by atoms with E-state index in [1.807, 2.05) is 6.92 Å². The van der Waals surface area contributed by atoms with Gasteiger partial charge in [0.1, 0.15) is 0 Å². The van der Waals surface area contributed by atoms with E-state index in [0.717, 1.165) is 16.3 Å². The smallest absolute Gasteiger partial charge is 0.264 e. The zero-order valence-corrected chi connectivity index (χ0v) is 13.1. The van der Waals surface area contributed by atoms with E-state index < -0.39 is 16.0 Å². The molecule has 0 fully saturated rings. The maximum absolute atomic E-state index is 12.6. The highest BCUT2D eigenvalue weighted by Gasteiger charge is 2.23. The van der Waals surface area contributed by atoms with E-state index >= 15 is 0 Å². The lowest BCUT2D eigenvalue weighted by Crippen LogP contribution is -2.31. The number of aromatic carboxylic acids is 1. The second kappa shape index (κ2) is 6.19. The Hall–Kier alpha value is -2.34. The molecule has 0 aromatic heterocycles. The number of carbonyl (C=O) groups is 1. The number of carboxylic acids is 1. The van der Waals surface area contributed by atoms with Crippen LogP contribution in [0.2, 0.25) is 0 Å². The standard InChI is InChI=1S/C16H17NO4S/c1-3-12-8-10-13(11-9-12)22(20,21)17(2)15-7-5-4-6-14(15)16(18)19/h4-11H,3H2,1-2H3,(H,18,19)/p-1. The van der Waals surface area contributed by atoms with Crippen LogP contribution in [0.15, 0.2) is 53.4 Å². The van der Waals surface area contributed by atoms with Crippen molar-refractivity contribution in [3.8, 4) is 0 Å². The third-order valence-electron chi connectivity index (χ3n) is 3.45. The molecule has 0 saturated carbocycles. The number of aryl methyl sites for hydroxylation is 1. The maximum Gasteiger partial charge on any atom is 0.264 e. The summed E-state index contributed by atoms with van der Waals surface area (Å²) >= 11 is 0. The van der Waals surface area contributed by atoms with Gasteiger partial charge in [-0.3, -0.25) is 4.31 Å². The third-order valence-corrected chi connectivity index (χ3v) is 5.24. The van der Waals surface area contributed by atoms with Crippen molar-refractivity contribution in [1.82, 2.24) is 0 Å². The number of anilines is 1. The predicted molar refractivity (Wildman–Crippen MR) is 82.2 cm³/mol. The molecule has 0 radical (unpaired) electrons. The molecule has 2 aromatic rings. The number of rotatable bonds is 5. The number of benzene rings is 2.